The Kier molecular flexibility index (Phi) is 5.22. The third kappa shape index (κ3) is 3.62. The maximum atomic E-state index is 12.5. The Bertz CT molecular complexity index is 526. The molecule has 1 saturated carbocycles. The number of rotatable bonds is 2. The zero-order valence-electron chi connectivity index (χ0n) is 12.1. The van der Waals surface area contributed by atoms with Crippen LogP contribution in [0.4, 0.5) is 0 Å². The van der Waals surface area contributed by atoms with E-state index < -0.39 is 0 Å². The highest BCUT2D eigenvalue weighted by Gasteiger charge is 2.26. The number of carbonyl (C=O) groups excluding carboxylic acids is 1. The lowest BCUT2D eigenvalue weighted by atomic mass is 9.86. The molecule has 20 heavy (non-hydrogen) atoms. The third-order valence-electron chi connectivity index (χ3n) is 3.91. The van der Waals surface area contributed by atoms with Gasteiger partial charge in [0, 0.05) is 18.5 Å². The van der Waals surface area contributed by atoms with Crippen molar-refractivity contribution in [2.24, 2.45) is 5.92 Å². The van der Waals surface area contributed by atoms with E-state index in [4.69, 9.17) is 5.11 Å². The third-order valence-corrected chi connectivity index (χ3v) is 4.76. The molecule has 4 heteroatoms. The summed E-state index contributed by atoms with van der Waals surface area (Å²) >= 11 is 1.45. The maximum Gasteiger partial charge on any atom is 0.254 e. The number of aliphatic hydroxyl groups excluding tert-OH is 1. The van der Waals surface area contributed by atoms with Crippen LogP contribution in [-0.4, -0.2) is 35.6 Å². The largest absolute Gasteiger partial charge is 0.384 e. The molecule has 108 valence electrons. The Morgan fingerprint density at radius 3 is 3.05 bits per heavy atom. The SMILES string of the molecule is CC1CCCC(N(C)C(=O)c2csc(C#CCO)c2)C1. The number of nitrogens with zero attached hydrogens (tertiary/aromatic N) is 1. The fourth-order valence-corrected chi connectivity index (χ4v) is 3.51. The molecule has 0 aromatic carbocycles. The van der Waals surface area contributed by atoms with Crippen LogP contribution >= 0.6 is 11.3 Å². The Hall–Kier alpha value is -1.31. The van der Waals surface area contributed by atoms with Gasteiger partial charge >= 0.3 is 0 Å². The molecule has 2 atom stereocenters. The highest BCUT2D eigenvalue weighted by Crippen LogP contribution is 2.28. The number of hydrogen-bond acceptors (Lipinski definition) is 3. The summed E-state index contributed by atoms with van der Waals surface area (Å²) in [6.07, 6.45) is 4.69. The minimum Gasteiger partial charge on any atom is -0.384 e. The minimum atomic E-state index is -0.152. The average Bonchev–Trinajstić information content (AvgIpc) is 2.92. The summed E-state index contributed by atoms with van der Waals surface area (Å²) in [4.78, 5) is 15.2. The number of carbonyl (C=O) groups is 1. The summed E-state index contributed by atoms with van der Waals surface area (Å²) in [7, 11) is 1.90. The van der Waals surface area contributed by atoms with E-state index in [1.165, 1.54) is 24.2 Å². The van der Waals surface area contributed by atoms with Gasteiger partial charge in [-0.15, -0.1) is 11.3 Å². The second-order valence-electron chi connectivity index (χ2n) is 5.50. The normalized spacial score (nSPS) is 21.9. The Morgan fingerprint density at radius 1 is 1.55 bits per heavy atom. The van der Waals surface area contributed by atoms with Crippen molar-refractivity contribution in [1.82, 2.24) is 4.90 Å². The lowest BCUT2D eigenvalue weighted by Gasteiger charge is -2.34. The minimum absolute atomic E-state index is 0.0809. The first-order valence-electron chi connectivity index (χ1n) is 7.07. The summed E-state index contributed by atoms with van der Waals surface area (Å²) in [5.74, 6) is 6.24. The van der Waals surface area contributed by atoms with Crippen LogP contribution in [0, 0.1) is 17.8 Å². The molecular formula is C16H21NO2S. The van der Waals surface area contributed by atoms with Crippen molar-refractivity contribution in [3.05, 3.63) is 21.9 Å². The summed E-state index contributed by atoms with van der Waals surface area (Å²) < 4.78 is 0. The Labute approximate surface area is 124 Å². The van der Waals surface area contributed by atoms with Gasteiger partial charge in [-0.3, -0.25) is 4.79 Å². The standard InChI is InChI=1S/C16H21NO2S/c1-12-5-3-6-14(9-12)17(2)16(19)13-10-15(20-11-13)7-4-8-18/h10-12,14,18H,3,5-6,8-9H2,1-2H3. The molecule has 1 N–H and O–H groups in total. The van der Waals surface area contributed by atoms with Gasteiger partial charge in [0.2, 0.25) is 0 Å². The van der Waals surface area contributed by atoms with Gasteiger partial charge in [-0.2, -0.15) is 0 Å². The van der Waals surface area contributed by atoms with Crippen molar-refractivity contribution < 1.29 is 9.90 Å². The molecule has 1 aliphatic rings. The van der Waals surface area contributed by atoms with Gasteiger partial charge in [-0.25, -0.2) is 0 Å². The van der Waals surface area contributed by atoms with Crippen molar-refractivity contribution in [3.63, 3.8) is 0 Å². The monoisotopic (exact) mass is 291 g/mol. The van der Waals surface area contributed by atoms with Gasteiger partial charge in [0.05, 0.1) is 10.4 Å². The lowest BCUT2D eigenvalue weighted by Crippen LogP contribution is -2.39. The molecule has 3 nitrogen and oxygen atoms in total. The van der Waals surface area contributed by atoms with Crippen LogP contribution in [0.15, 0.2) is 11.4 Å². The van der Waals surface area contributed by atoms with Gasteiger partial charge in [-0.1, -0.05) is 31.6 Å². The second-order valence-corrected chi connectivity index (χ2v) is 6.41. The second kappa shape index (κ2) is 6.92. The van der Waals surface area contributed by atoms with E-state index in [0.717, 1.165) is 17.7 Å². The molecule has 0 saturated heterocycles. The van der Waals surface area contributed by atoms with Gasteiger partial charge in [0.25, 0.3) is 5.91 Å². The number of amides is 1. The first kappa shape index (κ1) is 15.1. The molecule has 0 spiro atoms. The van der Waals surface area contributed by atoms with Crippen molar-refractivity contribution in [1.29, 1.82) is 0 Å². The van der Waals surface area contributed by atoms with E-state index in [9.17, 15) is 4.79 Å². The van der Waals surface area contributed by atoms with E-state index in [2.05, 4.69) is 18.8 Å². The van der Waals surface area contributed by atoms with Crippen LogP contribution in [0.2, 0.25) is 0 Å². The number of aliphatic hydroxyl groups is 1. The molecule has 1 aliphatic carbocycles. The molecule has 0 bridgehead atoms. The predicted octanol–water partition coefficient (Wildman–Crippen LogP) is 2.74. The van der Waals surface area contributed by atoms with Crippen LogP contribution in [0.5, 0.6) is 0 Å². The van der Waals surface area contributed by atoms with Crippen molar-refractivity contribution in [2.75, 3.05) is 13.7 Å². The lowest BCUT2D eigenvalue weighted by molar-refractivity contribution is 0.0673. The van der Waals surface area contributed by atoms with Crippen molar-refractivity contribution in [2.45, 2.75) is 38.6 Å². The Balaban J connectivity index is 2.04. The number of hydrogen-bond donors (Lipinski definition) is 1. The van der Waals surface area contributed by atoms with Gasteiger partial charge < -0.3 is 10.0 Å². The maximum absolute atomic E-state index is 12.5. The van der Waals surface area contributed by atoms with E-state index in [0.29, 0.717) is 17.5 Å². The van der Waals surface area contributed by atoms with Crippen molar-refractivity contribution >= 4 is 17.2 Å². The molecule has 1 amide bonds. The first-order valence-corrected chi connectivity index (χ1v) is 7.95. The summed E-state index contributed by atoms with van der Waals surface area (Å²) in [6.45, 7) is 2.11. The zero-order valence-corrected chi connectivity index (χ0v) is 12.9. The van der Waals surface area contributed by atoms with Crippen LogP contribution in [0.3, 0.4) is 0 Å². The summed E-state index contributed by atoms with van der Waals surface area (Å²) in [5.41, 5.74) is 0.706. The van der Waals surface area contributed by atoms with Gasteiger partial charge in [0.15, 0.2) is 0 Å². The Morgan fingerprint density at radius 2 is 2.35 bits per heavy atom. The first-order chi connectivity index (χ1) is 9.61. The zero-order chi connectivity index (χ0) is 14.5. The van der Waals surface area contributed by atoms with Crippen LogP contribution in [-0.2, 0) is 0 Å². The van der Waals surface area contributed by atoms with E-state index >= 15 is 0 Å². The average molecular weight is 291 g/mol. The van der Waals surface area contributed by atoms with Crippen LogP contribution in [0.25, 0.3) is 0 Å². The molecule has 1 aromatic heterocycles. The summed E-state index contributed by atoms with van der Waals surface area (Å²) in [5, 5.41) is 10.5. The highest BCUT2D eigenvalue weighted by atomic mass is 32.1. The molecule has 0 radical (unpaired) electrons. The molecule has 2 unspecified atom stereocenters. The molecule has 1 fully saturated rings. The van der Waals surface area contributed by atoms with E-state index in [1.54, 1.807) is 0 Å². The van der Waals surface area contributed by atoms with Gasteiger partial charge in [-0.05, 0) is 24.8 Å². The van der Waals surface area contributed by atoms with E-state index in [-0.39, 0.29) is 12.5 Å². The van der Waals surface area contributed by atoms with E-state index in [1.807, 2.05) is 23.4 Å². The summed E-state index contributed by atoms with van der Waals surface area (Å²) in [6, 6.07) is 2.18. The van der Waals surface area contributed by atoms with Crippen molar-refractivity contribution in [3.8, 4) is 11.8 Å². The predicted molar refractivity (Wildman–Crippen MR) is 81.8 cm³/mol. The van der Waals surface area contributed by atoms with Gasteiger partial charge in [0.1, 0.15) is 6.61 Å². The molecule has 0 aliphatic heterocycles. The molecule has 1 heterocycles. The molecular weight excluding hydrogens is 270 g/mol. The smallest absolute Gasteiger partial charge is 0.254 e. The topological polar surface area (TPSA) is 40.5 Å². The molecule has 2 rings (SSSR count). The highest BCUT2D eigenvalue weighted by molar-refractivity contribution is 7.10. The quantitative estimate of drug-likeness (QED) is 0.851. The van der Waals surface area contributed by atoms with Crippen LogP contribution in [0.1, 0.15) is 47.8 Å². The number of thiophene rings is 1. The molecule has 1 aromatic rings. The van der Waals surface area contributed by atoms with Crippen LogP contribution < -0.4 is 0 Å². The fourth-order valence-electron chi connectivity index (χ4n) is 2.76. The fraction of sp³-hybridized carbons (Fsp3) is 0.562.